The second kappa shape index (κ2) is 34.3. The van der Waals surface area contributed by atoms with E-state index in [0.29, 0.717) is 69.3 Å². The third-order valence-corrected chi connectivity index (χ3v) is 22.3. The SMILES string of the molecule is Cn1nc(/C=C/S(=O)(=O)NN2CCCCC2)c2c1C(Cc1cccc(F)c1)CCCC2.Cn1nc(/C=C/S(=O)(=O)NN2CCOCC2)c2c1C(Cc1cccc(F)c1)CCCC2.O=S(=O)(/C=C/c1nn(-c2ccc(F)cc2F)c2c1CCCCC2Cc1cccc(F)c1)NN1CCCCC1. The predicted molar refractivity (Wildman–Crippen MR) is 378 cm³/mol. The van der Waals surface area contributed by atoms with Crippen LogP contribution in [0.2, 0.25) is 0 Å². The lowest BCUT2D eigenvalue weighted by atomic mass is 9.91. The van der Waals surface area contributed by atoms with E-state index in [-0.39, 0.29) is 40.9 Å². The highest BCUT2D eigenvalue weighted by atomic mass is 32.2. The normalized spacial score (nSPS) is 20.0. The van der Waals surface area contributed by atoms with Crippen LogP contribution in [0.25, 0.3) is 23.9 Å². The van der Waals surface area contributed by atoms with E-state index in [9.17, 15) is 47.2 Å². The molecule has 19 nitrogen and oxygen atoms in total. The summed E-state index contributed by atoms with van der Waals surface area (Å²) in [6.45, 7) is 4.86. The van der Waals surface area contributed by atoms with Gasteiger partial charge in [-0.05, 0) is 186 Å². The van der Waals surface area contributed by atoms with Crippen molar-refractivity contribution in [2.45, 2.75) is 153 Å². The number of fused-ring (bicyclic) bond motifs is 3. The Kier molecular flexibility index (Phi) is 25.4. The van der Waals surface area contributed by atoms with Gasteiger partial charge in [-0.15, -0.1) is 14.5 Å². The molecule has 3 aliphatic carbocycles. The maximum absolute atomic E-state index is 15.0. The molecule has 0 spiro atoms. The number of aryl methyl sites for hydroxylation is 2. The van der Waals surface area contributed by atoms with E-state index in [2.05, 4.69) is 29.8 Å². The lowest BCUT2D eigenvalue weighted by molar-refractivity contribution is 0.0274. The smallest absolute Gasteiger partial charge is 0.246 e. The summed E-state index contributed by atoms with van der Waals surface area (Å²) in [5.41, 5.74) is 10.7. The summed E-state index contributed by atoms with van der Waals surface area (Å²) in [6.07, 6.45) is 23.9. The molecule has 0 saturated carbocycles. The van der Waals surface area contributed by atoms with Crippen LogP contribution in [0.5, 0.6) is 0 Å². The third-order valence-electron chi connectivity index (χ3n) is 19.3. The summed E-state index contributed by atoms with van der Waals surface area (Å²) < 4.78 is 156. The zero-order chi connectivity index (χ0) is 70.4. The van der Waals surface area contributed by atoms with Crippen molar-refractivity contribution >= 4 is 48.3 Å². The largest absolute Gasteiger partial charge is 0.379 e. The second-order valence-corrected chi connectivity index (χ2v) is 31.5. The predicted octanol–water partition coefficient (Wildman–Crippen LogP) is 12.3. The molecule has 27 heteroatoms. The van der Waals surface area contributed by atoms with Crippen LogP contribution in [0.4, 0.5) is 22.0 Å². The Morgan fingerprint density at radius 2 is 0.790 bits per heavy atom. The van der Waals surface area contributed by atoms with Crippen LogP contribution in [0.1, 0.15) is 182 Å². The van der Waals surface area contributed by atoms with Gasteiger partial charge in [0.1, 0.15) is 29.0 Å². The first kappa shape index (κ1) is 74.1. The summed E-state index contributed by atoms with van der Waals surface area (Å²) in [5.74, 6) is -1.89. The molecular formula is C73H91F5N12O7S3. The van der Waals surface area contributed by atoms with Gasteiger partial charge in [0, 0.05) is 121 Å². The molecule has 13 rings (SSSR count). The number of nitrogens with one attached hydrogen (secondary N) is 3. The molecule has 538 valence electrons. The van der Waals surface area contributed by atoms with Gasteiger partial charge in [-0.25, -0.2) is 66.9 Å². The standard InChI is InChI=1S/C28H31F3N4O2S.C23H31FN4O2S.C22H29FN4O3S/c29-22-9-6-7-20(18-22)17-21-8-2-3-10-24-26(13-16-38(36,37)33-34-14-4-1-5-15-34)32-35(28(21)24)27-12-11-23(30)19-25(27)31;1-27-23-19(16-18-8-7-10-20(24)17-18)9-3-4-11-21(23)22(25-27)12-15-31(29,30)26-28-13-5-2-6-14-28;1-26-22-18(15-17-5-4-7-19(23)16-17)6-2-3-8-20(22)21(24-26)9-14-31(28,29)25-27-10-12-30-13-11-27/h6-7,9,11-13,16,18-19,21,33H,1-5,8,10,14-15,17H2;7-8,10,12,15,17,19,26H,2-6,9,11,13-14,16H2,1H3;4-5,7,9,14,16,18,25H,2-3,6,8,10-13,15H2,1H3/b16-13+;15-12+;14-9+. The first-order chi connectivity index (χ1) is 48.1. The number of ether oxygens (including phenoxy) is 1. The summed E-state index contributed by atoms with van der Waals surface area (Å²) in [5, 5.41) is 22.6. The summed E-state index contributed by atoms with van der Waals surface area (Å²) in [4.78, 5) is 7.85. The number of sulfonamides is 3. The molecule has 3 fully saturated rings. The molecule has 3 unspecified atom stereocenters. The van der Waals surface area contributed by atoms with Crippen LogP contribution in [-0.2, 0) is 87.4 Å². The van der Waals surface area contributed by atoms with Gasteiger partial charge in [-0.3, -0.25) is 9.36 Å². The summed E-state index contributed by atoms with van der Waals surface area (Å²) in [6, 6.07) is 23.2. The maximum atomic E-state index is 15.0. The highest BCUT2D eigenvalue weighted by Crippen LogP contribution is 2.40. The Balaban J connectivity index is 0.000000152. The first-order valence-electron chi connectivity index (χ1n) is 35.0. The average Bonchev–Trinajstić information content (AvgIpc) is 1.63. The molecule has 3 saturated heterocycles. The van der Waals surface area contributed by atoms with Gasteiger partial charge in [0.2, 0.25) is 30.1 Å². The van der Waals surface area contributed by atoms with Gasteiger partial charge in [0.05, 0.1) is 36.0 Å². The molecule has 100 heavy (non-hydrogen) atoms. The number of hydrogen-bond acceptors (Lipinski definition) is 13. The molecule has 0 amide bonds. The van der Waals surface area contributed by atoms with Gasteiger partial charge in [-0.2, -0.15) is 15.3 Å². The van der Waals surface area contributed by atoms with Gasteiger partial charge in [0.25, 0.3) is 0 Å². The monoisotopic (exact) mass is 1440 g/mol. The lowest BCUT2D eigenvalue weighted by Gasteiger charge is -2.25. The number of hydrogen-bond donors (Lipinski definition) is 3. The minimum absolute atomic E-state index is 0.0859. The molecule has 7 aromatic rings. The van der Waals surface area contributed by atoms with Crippen molar-refractivity contribution in [3.8, 4) is 5.69 Å². The van der Waals surface area contributed by atoms with Crippen LogP contribution >= 0.6 is 0 Å². The number of nitrogens with zero attached hydrogens (tertiary/aromatic N) is 9. The minimum Gasteiger partial charge on any atom is -0.379 e. The Morgan fingerprint density at radius 3 is 1.18 bits per heavy atom. The van der Waals surface area contributed by atoms with Gasteiger partial charge in [-0.1, -0.05) is 68.5 Å². The van der Waals surface area contributed by atoms with Crippen molar-refractivity contribution in [1.82, 2.24) is 58.9 Å². The number of aromatic nitrogens is 6. The van der Waals surface area contributed by atoms with E-state index in [1.54, 1.807) is 57.5 Å². The highest BCUT2D eigenvalue weighted by Gasteiger charge is 2.32. The zero-order valence-corrected chi connectivity index (χ0v) is 59.3. The van der Waals surface area contributed by atoms with Crippen molar-refractivity contribution in [1.29, 1.82) is 0 Å². The molecule has 0 radical (unpaired) electrons. The van der Waals surface area contributed by atoms with E-state index in [4.69, 9.17) is 4.74 Å². The topological polar surface area (TPSA) is 211 Å². The summed E-state index contributed by atoms with van der Waals surface area (Å²) >= 11 is 0. The van der Waals surface area contributed by atoms with Crippen molar-refractivity contribution in [2.75, 3.05) is 52.5 Å². The second-order valence-electron chi connectivity index (χ2n) is 26.8. The van der Waals surface area contributed by atoms with Crippen LogP contribution in [0, 0.1) is 29.1 Å². The molecule has 6 heterocycles. The Labute approximate surface area is 584 Å². The lowest BCUT2D eigenvalue weighted by Crippen LogP contribution is -2.47. The summed E-state index contributed by atoms with van der Waals surface area (Å²) in [7, 11) is -7.14. The van der Waals surface area contributed by atoms with E-state index in [0.717, 1.165) is 197 Å². The fraction of sp³-hybridized carbons (Fsp3) is 0.466. The van der Waals surface area contributed by atoms with Crippen molar-refractivity contribution in [3.05, 3.63) is 204 Å². The number of halogens is 5. The molecule has 0 bridgehead atoms. The van der Waals surface area contributed by atoms with Crippen LogP contribution in [0.3, 0.4) is 0 Å². The molecular weight excluding hydrogens is 1350 g/mol. The van der Waals surface area contributed by atoms with Crippen molar-refractivity contribution in [3.63, 3.8) is 0 Å². The number of morpholine rings is 1. The third kappa shape index (κ3) is 20.4. The number of benzene rings is 4. The van der Waals surface area contributed by atoms with E-state index in [1.165, 1.54) is 58.0 Å². The maximum Gasteiger partial charge on any atom is 0.246 e. The average molecular weight is 1440 g/mol. The van der Waals surface area contributed by atoms with Crippen molar-refractivity contribution < 1.29 is 51.9 Å². The van der Waals surface area contributed by atoms with Gasteiger partial charge < -0.3 is 4.74 Å². The zero-order valence-electron chi connectivity index (χ0n) is 56.9. The van der Waals surface area contributed by atoms with Gasteiger partial charge in [0.15, 0.2) is 5.82 Å². The minimum atomic E-state index is -3.77. The van der Waals surface area contributed by atoms with Crippen molar-refractivity contribution in [2.24, 2.45) is 14.1 Å². The highest BCUT2D eigenvalue weighted by molar-refractivity contribution is 7.93. The Hall–Kier alpha value is -7.05. The van der Waals surface area contributed by atoms with Crippen LogP contribution in [0.15, 0.2) is 107 Å². The molecule has 4 aromatic carbocycles. The van der Waals surface area contributed by atoms with E-state index < -0.39 is 41.7 Å². The fourth-order valence-electron chi connectivity index (χ4n) is 14.8. The fourth-order valence-corrected chi connectivity index (χ4v) is 17.5. The van der Waals surface area contributed by atoms with E-state index >= 15 is 0 Å². The number of hydrazine groups is 3. The van der Waals surface area contributed by atoms with Crippen LogP contribution < -0.4 is 14.5 Å². The first-order valence-corrected chi connectivity index (χ1v) is 39.6. The quantitative estimate of drug-likeness (QED) is 0.0509. The molecule has 3 aromatic heterocycles. The molecule has 3 N–H and O–H groups in total. The Morgan fingerprint density at radius 1 is 0.430 bits per heavy atom. The van der Waals surface area contributed by atoms with E-state index in [1.807, 2.05) is 41.7 Å². The Bertz CT molecular complexity index is 4220. The molecule has 6 aliphatic rings. The van der Waals surface area contributed by atoms with Gasteiger partial charge >= 0.3 is 0 Å². The molecule has 3 aliphatic heterocycles. The number of rotatable bonds is 19. The molecule has 3 atom stereocenters. The number of piperidine rings is 2. The van der Waals surface area contributed by atoms with Crippen LogP contribution in [-0.4, -0.2) is 122 Å².